The third-order valence-electron chi connectivity index (χ3n) is 3.05. The summed E-state index contributed by atoms with van der Waals surface area (Å²) in [4.78, 5) is 11.9. The molecule has 0 saturated carbocycles. The lowest BCUT2D eigenvalue weighted by atomic mass is 10.00. The second-order valence-corrected chi connectivity index (χ2v) is 4.08. The Kier molecular flexibility index (Phi) is 2.76. The molecule has 80 valence electrons. The number of carbonyl (C=O) groups excluding carboxylic acids is 1. The van der Waals surface area contributed by atoms with E-state index in [0.717, 1.165) is 36.1 Å². The van der Waals surface area contributed by atoms with Crippen molar-refractivity contribution in [3.63, 3.8) is 0 Å². The molecule has 2 rings (SSSR count). The first-order valence-electron chi connectivity index (χ1n) is 5.47. The van der Waals surface area contributed by atoms with Crippen molar-refractivity contribution in [2.45, 2.75) is 26.2 Å². The fourth-order valence-electron chi connectivity index (χ4n) is 2.27. The van der Waals surface area contributed by atoms with Crippen LogP contribution in [0, 0.1) is 5.92 Å². The molecule has 0 saturated heterocycles. The fourth-order valence-corrected chi connectivity index (χ4v) is 2.27. The Morgan fingerprint density at radius 1 is 1.47 bits per heavy atom. The van der Waals surface area contributed by atoms with Gasteiger partial charge in [0.2, 0.25) is 0 Å². The molecule has 15 heavy (non-hydrogen) atoms. The quantitative estimate of drug-likeness (QED) is 0.756. The van der Waals surface area contributed by atoms with Crippen molar-refractivity contribution >= 4 is 5.78 Å². The van der Waals surface area contributed by atoms with E-state index in [0.29, 0.717) is 5.78 Å². The van der Waals surface area contributed by atoms with E-state index in [2.05, 4.69) is 6.92 Å². The summed E-state index contributed by atoms with van der Waals surface area (Å²) in [6.07, 6.45) is 2.95. The van der Waals surface area contributed by atoms with E-state index in [1.54, 1.807) is 7.11 Å². The van der Waals surface area contributed by atoms with Gasteiger partial charge in [0.1, 0.15) is 5.75 Å². The molecule has 0 amide bonds. The van der Waals surface area contributed by atoms with Gasteiger partial charge in [-0.3, -0.25) is 4.79 Å². The smallest absolute Gasteiger partial charge is 0.166 e. The standard InChI is InChI=1S/C13H16O2/c1-3-4-9-7-10-8-11(15-2)5-6-12(10)13(9)14/h5-6,8-9H,3-4,7H2,1-2H3. The van der Waals surface area contributed by atoms with Crippen molar-refractivity contribution in [1.82, 2.24) is 0 Å². The van der Waals surface area contributed by atoms with Gasteiger partial charge in [-0.25, -0.2) is 0 Å². The van der Waals surface area contributed by atoms with Crippen LogP contribution in [0.4, 0.5) is 0 Å². The highest BCUT2D eigenvalue weighted by Crippen LogP contribution is 2.31. The zero-order valence-corrected chi connectivity index (χ0v) is 9.25. The van der Waals surface area contributed by atoms with Crippen LogP contribution in [-0.2, 0) is 6.42 Å². The summed E-state index contributed by atoms with van der Waals surface area (Å²) in [6.45, 7) is 2.12. The van der Waals surface area contributed by atoms with Gasteiger partial charge in [-0.1, -0.05) is 13.3 Å². The van der Waals surface area contributed by atoms with Gasteiger partial charge < -0.3 is 4.74 Å². The molecule has 1 aliphatic rings. The molecule has 0 bridgehead atoms. The molecule has 0 N–H and O–H groups in total. The lowest BCUT2D eigenvalue weighted by Gasteiger charge is -2.03. The zero-order valence-electron chi connectivity index (χ0n) is 9.25. The SMILES string of the molecule is CCCC1Cc2cc(OC)ccc2C1=O. The zero-order chi connectivity index (χ0) is 10.8. The van der Waals surface area contributed by atoms with Gasteiger partial charge in [0.25, 0.3) is 0 Å². The topological polar surface area (TPSA) is 26.3 Å². The normalized spacial score (nSPS) is 19.1. The molecular weight excluding hydrogens is 188 g/mol. The van der Waals surface area contributed by atoms with Crippen LogP contribution >= 0.6 is 0 Å². The molecule has 0 spiro atoms. The van der Waals surface area contributed by atoms with Crippen LogP contribution in [0.15, 0.2) is 18.2 Å². The van der Waals surface area contributed by atoms with Gasteiger partial charge in [-0.2, -0.15) is 0 Å². The van der Waals surface area contributed by atoms with Gasteiger partial charge >= 0.3 is 0 Å². The summed E-state index contributed by atoms with van der Waals surface area (Å²) in [5.41, 5.74) is 2.05. The highest BCUT2D eigenvalue weighted by molar-refractivity contribution is 6.02. The van der Waals surface area contributed by atoms with Crippen molar-refractivity contribution in [2.24, 2.45) is 5.92 Å². The van der Waals surface area contributed by atoms with Crippen LogP contribution < -0.4 is 4.74 Å². The molecule has 1 aromatic rings. The van der Waals surface area contributed by atoms with Gasteiger partial charge in [-0.05, 0) is 36.6 Å². The minimum atomic E-state index is 0.206. The number of benzene rings is 1. The number of hydrogen-bond acceptors (Lipinski definition) is 2. The fraction of sp³-hybridized carbons (Fsp3) is 0.462. The first-order valence-corrected chi connectivity index (χ1v) is 5.47. The van der Waals surface area contributed by atoms with Gasteiger partial charge in [0.05, 0.1) is 7.11 Å². The molecule has 1 atom stereocenters. The van der Waals surface area contributed by atoms with Gasteiger partial charge in [0.15, 0.2) is 5.78 Å². The second-order valence-electron chi connectivity index (χ2n) is 4.08. The molecule has 0 radical (unpaired) electrons. The van der Waals surface area contributed by atoms with E-state index in [-0.39, 0.29) is 5.92 Å². The maximum atomic E-state index is 11.9. The molecule has 0 aromatic heterocycles. The van der Waals surface area contributed by atoms with Gasteiger partial charge in [0, 0.05) is 11.5 Å². The number of methoxy groups -OCH3 is 1. The number of carbonyl (C=O) groups is 1. The monoisotopic (exact) mass is 204 g/mol. The average molecular weight is 204 g/mol. The molecule has 2 nitrogen and oxygen atoms in total. The van der Waals surface area contributed by atoms with Crippen molar-refractivity contribution in [1.29, 1.82) is 0 Å². The van der Waals surface area contributed by atoms with Crippen molar-refractivity contribution in [3.8, 4) is 5.75 Å². The summed E-state index contributed by atoms with van der Waals surface area (Å²) >= 11 is 0. The molecule has 1 aromatic carbocycles. The van der Waals surface area contributed by atoms with Gasteiger partial charge in [-0.15, -0.1) is 0 Å². The Morgan fingerprint density at radius 2 is 2.27 bits per heavy atom. The van der Waals surface area contributed by atoms with Crippen LogP contribution in [0.25, 0.3) is 0 Å². The van der Waals surface area contributed by atoms with E-state index in [1.165, 1.54) is 0 Å². The molecule has 0 aliphatic heterocycles. The van der Waals surface area contributed by atoms with Crippen molar-refractivity contribution in [3.05, 3.63) is 29.3 Å². The first kappa shape index (κ1) is 10.2. The summed E-state index contributed by atoms with van der Waals surface area (Å²) in [5.74, 6) is 1.37. The maximum Gasteiger partial charge on any atom is 0.166 e. The third-order valence-corrected chi connectivity index (χ3v) is 3.05. The predicted octanol–water partition coefficient (Wildman–Crippen LogP) is 2.85. The lowest BCUT2D eigenvalue weighted by Crippen LogP contribution is -2.07. The van der Waals surface area contributed by atoms with Crippen molar-refractivity contribution in [2.75, 3.05) is 7.11 Å². The first-order chi connectivity index (χ1) is 7.26. The minimum Gasteiger partial charge on any atom is -0.497 e. The molecule has 1 unspecified atom stereocenters. The number of Topliss-reactive ketones (excluding diaryl/α,β-unsaturated/α-hetero) is 1. The highest BCUT2D eigenvalue weighted by Gasteiger charge is 2.29. The Balaban J connectivity index is 2.28. The summed E-state index contributed by atoms with van der Waals surface area (Å²) in [5, 5.41) is 0. The molecule has 1 aliphatic carbocycles. The number of rotatable bonds is 3. The van der Waals surface area contributed by atoms with E-state index < -0.39 is 0 Å². The third kappa shape index (κ3) is 1.76. The Bertz CT molecular complexity index is 382. The lowest BCUT2D eigenvalue weighted by molar-refractivity contribution is 0.0930. The second kappa shape index (κ2) is 4.05. The number of ketones is 1. The van der Waals surface area contributed by atoms with Crippen LogP contribution in [-0.4, -0.2) is 12.9 Å². The number of ether oxygens (including phenoxy) is 1. The van der Waals surface area contributed by atoms with Crippen LogP contribution in [0.5, 0.6) is 5.75 Å². The Hall–Kier alpha value is -1.31. The number of hydrogen-bond donors (Lipinski definition) is 0. The van der Waals surface area contributed by atoms with Crippen LogP contribution in [0.2, 0.25) is 0 Å². The minimum absolute atomic E-state index is 0.206. The van der Waals surface area contributed by atoms with E-state index >= 15 is 0 Å². The Morgan fingerprint density at radius 3 is 2.93 bits per heavy atom. The maximum absolute atomic E-state index is 11.9. The summed E-state index contributed by atoms with van der Waals surface area (Å²) in [6, 6.07) is 5.75. The average Bonchev–Trinajstić information content (AvgIpc) is 2.56. The largest absolute Gasteiger partial charge is 0.497 e. The molecule has 0 heterocycles. The van der Waals surface area contributed by atoms with E-state index in [4.69, 9.17) is 4.74 Å². The predicted molar refractivity (Wildman–Crippen MR) is 59.4 cm³/mol. The van der Waals surface area contributed by atoms with Crippen LogP contribution in [0.1, 0.15) is 35.7 Å². The van der Waals surface area contributed by atoms with E-state index in [1.807, 2.05) is 18.2 Å². The van der Waals surface area contributed by atoms with Crippen molar-refractivity contribution < 1.29 is 9.53 Å². The summed E-state index contributed by atoms with van der Waals surface area (Å²) in [7, 11) is 1.65. The molecular formula is C13H16O2. The highest BCUT2D eigenvalue weighted by atomic mass is 16.5. The molecule has 2 heteroatoms. The Labute approximate surface area is 90.3 Å². The van der Waals surface area contributed by atoms with Crippen LogP contribution in [0.3, 0.4) is 0 Å². The molecule has 0 fully saturated rings. The summed E-state index contributed by atoms with van der Waals surface area (Å²) < 4.78 is 5.16. The van der Waals surface area contributed by atoms with E-state index in [9.17, 15) is 4.79 Å². The number of fused-ring (bicyclic) bond motifs is 1.